The summed E-state index contributed by atoms with van der Waals surface area (Å²) < 4.78 is 0. The van der Waals surface area contributed by atoms with Crippen molar-refractivity contribution in [2.75, 3.05) is 5.32 Å². The van der Waals surface area contributed by atoms with Gasteiger partial charge in [0.2, 0.25) is 0 Å². The SMILES string of the molecule is Cc1ccc(NC(=O)C(=O)NC(CC(C)C)c2ccc(Cl)cc2)cc1. The highest BCUT2D eigenvalue weighted by molar-refractivity contribution is 6.39. The van der Waals surface area contributed by atoms with E-state index in [4.69, 9.17) is 11.6 Å². The van der Waals surface area contributed by atoms with Gasteiger partial charge in [0, 0.05) is 10.7 Å². The van der Waals surface area contributed by atoms with Gasteiger partial charge < -0.3 is 10.6 Å². The Kier molecular flexibility index (Phi) is 6.59. The van der Waals surface area contributed by atoms with Crippen LogP contribution in [-0.4, -0.2) is 11.8 Å². The molecule has 0 aliphatic heterocycles. The third-order valence-corrected chi connectivity index (χ3v) is 4.05. The minimum absolute atomic E-state index is 0.242. The minimum Gasteiger partial charge on any atom is -0.341 e. The summed E-state index contributed by atoms with van der Waals surface area (Å²) in [6.45, 7) is 6.10. The van der Waals surface area contributed by atoms with E-state index in [-0.39, 0.29) is 6.04 Å². The maximum atomic E-state index is 12.3. The van der Waals surface area contributed by atoms with Crippen molar-refractivity contribution < 1.29 is 9.59 Å². The molecule has 0 saturated heterocycles. The van der Waals surface area contributed by atoms with Gasteiger partial charge in [-0.2, -0.15) is 0 Å². The summed E-state index contributed by atoms with van der Waals surface area (Å²) >= 11 is 5.93. The second-order valence-electron chi connectivity index (χ2n) is 6.53. The lowest BCUT2D eigenvalue weighted by molar-refractivity contribution is -0.136. The predicted octanol–water partition coefficient (Wildman–Crippen LogP) is 4.49. The summed E-state index contributed by atoms with van der Waals surface area (Å²) in [6, 6.07) is 14.3. The minimum atomic E-state index is -0.674. The van der Waals surface area contributed by atoms with Gasteiger partial charge in [-0.1, -0.05) is 55.3 Å². The number of amides is 2. The summed E-state index contributed by atoms with van der Waals surface area (Å²) in [6.07, 6.45) is 0.727. The molecule has 2 aromatic carbocycles. The molecule has 0 bridgehead atoms. The molecule has 0 saturated carbocycles. The Morgan fingerprint density at radius 2 is 1.56 bits per heavy atom. The highest BCUT2D eigenvalue weighted by Crippen LogP contribution is 2.23. The van der Waals surface area contributed by atoms with Crippen LogP contribution in [0.1, 0.15) is 37.4 Å². The number of nitrogens with one attached hydrogen (secondary N) is 2. The van der Waals surface area contributed by atoms with Gasteiger partial charge in [0.1, 0.15) is 0 Å². The fraction of sp³-hybridized carbons (Fsp3) is 0.300. The van der Waals surface area contributed by atoms with Crippen LogP contribution >= 0.6 is 11.6 Å². The zero-order chi connectivity index (χ0) is 18.4. The van der Waals surface area contributed by atoms with Crippen molar-refractivity contribution in [2.45, 2.75) is 33.2 Å². The predicted molar refractivity (Wildman–Crippen MR) is 102 cm³/mol. The zero-order valence-electron chi connectivity index (χ0n) is 14.7. The zero-order valence-corrected chi connectivity index (χ0v) is 15.4. The number of benzene rings is 2. The number of aryl methyl sites for hydroxylation is 1. The lowest BCUT2D eigenvalue weighted by Crippen LogP contribution is -2.38. The molecule has 5 heteroatoms. The van der Waals surface area contributed by atoms with Gasteiger partial charge in [-0.25, -0.2) is 0 Å². The number of rotatable bonds is 5. The fourth-order valence-corrected chi connectivity index (χ4v) is 2.62. The van der Waals surface area contributed by atoms with Crippen molar-refractivity contribution >= 4 is 29.1 Å². The molecule has 0 fully saturated rings. The van der Waals surface area contributed by atoms with Crippen molar-refractivity contribution in [1.82, 2.24) is 5.32 Å². The Morgan fingerprint density at radius 1 is 0.960 bits per heavy atom. The first kappa shape index (κ1) is 19.0. The molecule has 132 valence electrons. The molecule has 0 aromatic heterocycles. The molecule has 0 aliphatic rings. The van der Waals surface area contributed by atoms with Gasteiger partial charge in [-0.15, -0.1) is 0 Å². The molecule has 1 unspecified atom stereocenters. The van der Waals surface area contributed by atoms with E-state index in [9.17, 15) is 9.59 Å². The summed E-state index contributed by atoms with van der Waals surface area (Å²) in [7, 11) is 0. The van der Waals surface area contributed by atoms with Crippen LogP contribution in [0.2, 0.25) is 5.02 Å². The van der Waals surface area contributed by atoms with E-state index in [1.807, 2.05) is 31.2 Å². The van der Waals surface area contributed by atoms with Crippen LogP contribution in [0.15, 0.2) is 48.5 Å². The lowest BCUT2D eigenvalue weighted by Gasteiger charge is -2.21. The van der Waals surface area contributed by atoms with Crippen LogP contribution in [0.4, 0.5) is 5.69 Å². The lowest BCUT2D eigenvalue weighted by atomic mass is 9.97. The molecule has 2 rings (SSSR count). The normalized spacial score (nSPS) is 11.9. The Bertz CT molecular complexity index is 724. The molecule has 0 heterocycles. The largest absolute Gasteiger partial charge is 0.341 e. The number of hydrogen-bond acceptors (Lipinski definition) is 2. The quantitative estimate of drug-likeness (QED) is 0.773. The first-order chi connectivity index (χ1) is 11.8. The number of halogens is 1. The van der Waals surface area contributed by atoms with Crippen molar-refractivity contribution in [3.05, 3.63) is 64.7 Å². The number of hydrogen-bond donors (Lipinski definition) is 2. The molecule has 2 amide bonds. The van der Waals surface area contributed by atoms with Gasteiger partial charge >= 0.3 is 11.8 Å². The number of anilines is 1. The Morgan fingerprint density at radius 3 is 2.12 bits per heavy atom. The average Bonchev–Trinajstić information content (AvgIpc) is 2.56. The highest BCUT2D eigenvalue weighted by Gasteiger charge is 2.21. The van der Waals surface area contributed by atoms with Crippen molar-refractivity contribution in [2.24, 2.45) is 5.92 Å². The second kappa shape index (κ2) is 8.67. The summed E-state index contributed by atoms with van der Waals surface area (Å²) in [5.74, 6) is -0.964. The third kappa shape index (κ3) is 5.91. The molecular weight excluding hydrogens is 336 g/mol. The molecular formula is C20H23ClN2O2. The number of carbonyl (C=O) groups is 2. The van der Waals surface area contributed by atoms with Gasteiger partial charge in [0.05, 0.1) is 6.04 Å². The second-order valence-corrected chi connectivity index (χ2v) is 6.96. The van der Waals surface area contributed by atoms with Crippen LogP contribution in [-0.2, 0) is 9.59 Å². The van der Waals surface area contributed by atoms with Gasteiger partial charge in [-0.3, -0.25) is 9.59 Å². The molecule has 4 nitrogen and oxygen atoms in total. The van der Waals surface area contributed by atoms with Gasteiger partial charge in [-0.05, 0) is 49.1 Å². The average molecular weight is 359 g/mol. The van der Waals surface area contributed by atoms with E-state index in [0.29, 0.717) is 16.6 Å². The van der Waals surface area contributed by atoms with Crippen LogP contribution in [0.3, 0.4) is 0 Å². The fourth-order valence-electron chi connectivity index (χ4n) is 2.49. The summed E-state index contributed by atoms with van der Waals surface area (Å²) in [5, 5.41) is 6.07. The third-order valence-electron chi connectivity index (χ3n) is 3.80. The van der Waals surface area contributed by atoms with E-state index in [1.165, 1.54) is 0 Å². The Labute approximate surface area is 153 Å². The summed E-state index contributed by atoms with van der Waals surface area (Å²) in [4.78, 5) is 24.5. The topological polar surface area (TPSA) is 58.2 Å². The molecule has 0 aliphatic carbocycles. The first-order valence-electron chi connectivity index (χ1n) is 8.29. The molecule has 25 heavy (non-hydrogen) atoms. The van der Waals surface area contributed by atoms with E-state index >= 15 is 0 Å². The maximum Gasteiger partial charge on any atom is 0.313 e. The molecule has 2 aromatic rings. The van der Waals surface area contributed by atoms with Crippen LogP contribution in [0.25, 0.3) is 0 Å². The van der Waals surface area contributed by atoms with Crippen molar-refractivity contribution in [3.63, 3.8) is 0 Å². The van der Waals surface area contributed by atoms with E-state index in [0.717, 1.165) is 17.5 Å². The van der Waals surface area contributed by atoms with Crippen LogP contribution in [0, 0.1) is 12.8 Å². The van der Waals surface area contributed by atoms with Crippen LogP contribution in [0.5, 0.6) is 0 Å². The number of carbonyl (C=O) groups excluding carboxylic acids is 2. The first-order valence-corrected chi connectivity index (χ1v) is 8.67. The Hall–Kier alpha value is -2.33. The Balaban J connectivity index is 2.06. The van der Waals surface area contributed by atoms with Gasteiger partial charge in [0.15, 0.2) is 0 Å². The van der Waals surface area contributed by atoms with E-state index in [1.54, 1.807) is 24.3 Å². The van der Waals surface area contributed by atoms with Gasteiger partial charge in [0.25, 0.3) is 0 Å². The molecule has 1 atom stereocenters. The maximum absolute atomic E-state index is 12.3. The summed E-state index contributed by atoms with van der Waals surface area (Å²) in [5.41, 5.74) is 2.61. The smallest absolute Gasteiger partial charge is 0.313 e. The van der Waals surface area contributed by atoms with Crippen LogP contribution < -0.4 is 10.6 Å². The van der Waals surface area contributed by atoms with Crippen molar-refractivity contribution in [3.8, 4) is 0 Å². The van der Waals surface area contributed by atoms with E-state index in [2.05, 4.69) is 24.5 Å². The highest BCUT2D eigenvalue weighted by atomic mass is 35.5. The van der Waals surface area contributed by atoms with Crippen molar-refractivity contribution in [1.29, 1.82) is 0 Å². The molecule has 2 N–H and O–H groups in total. The standard InChI is InChI=1S/C20H23ClN2O2/c1-13(2)12-18(15-6-8-16(21)9-7-15)23-20(25)19(24)22-17-10-4-14(3)5-11-17/h4-11,13,18H,12H2,1-3H3,(H,22,24)(H,23,25). The molecule has 0 spiro atoms. The van der Waals surface area contributed by atoms with E-state index < -0.39 is 11.8 Å². The molecule has 0 radical (unpaired) electrons. The monoisotopic (exact) mass is 358 g/mol.